The fraction of sp³-hybridized carbons (Fsp3) is 0.308. The summed E-state index contributed by atoms with van der Waals surface area (Å²) < 4.78 is 50.4. The molecule has 0 saturated heterocycles. The van der Waals surface area contributed by atoms with Gasteiger partial charge in [0, 0.05) is 12.7 Å². The van der Waals surface area contributed by atoms with Gasteiger partial charge >= 0.3 is 5.76 Å². The third-order valence-corrected chi connectivity index (χ3v) is 4.43. The Hall–Kier alpha value is -1.96. The zero-order chi connectivity index (χ0) is 15.5. The number of halogens is 2. The van der Waals surface area contributed by atoms with Gasteiger partial charge in [0.05, 0.1) is 22.8 Å². The Morgan fingerprint density at radius 1 is 1.29 bits per heavy atom. The average Bonchev–Trinajstić information content (AvgIpc) is 2.92. The van der Waals surface area contributed by atoms with Crippen LogP contribution in [0.4, 0.5) is 14.5 Å². The van der Waals surface area contributed by atoms with Crippen LogP contribution in [-0.2, 0) is 22.9 Å². The Labute approximate surface area is 121 Å². The molecule has 1 N–H and O–H groups in total. The number of benzene rings is 1. The SMILES string of the molecule is CCn1nccc1CNc1ccccc1S(=O)(=O)C(F)F. The second-order valence-electron chi connectivity index (χ2n) is 4.29. The first-order valence-corrected chi connectivity index (χ1v) is 7.87. The molecule has 0 fully saturated rings. The van der Waals surface area contributed by atoms with E-state index in [2.05, 4.69) is 10.4 Å². The van der Waals surface area contributed by atoms with Gasteiger partial charge < -0.3 is 5.32 Å². The Morgan fingerprint density at radius 2 is 2.00 bits per heavy atom. The molecular formula is C13H15F2N3O2S. The van der Waals surface area contributed by atoms with Gasteiger partial charge in [0.2, 0.25) is 9.84 Å². The maximum Gasteiger partial charge on any atom is 0.341 e. The molecule has 21 heavy (non-hydrogen) atoms. The van der Waals surface area contributed by atoms with E-state index in [0.717, 1.165) is 5.69 Å². The standard InChI is InChI=1S/C13H15F2N3O2S/c1-2-18-10(7-8-17-18)9-16-11-5-3-4-6-12(11)21(19,20)13(14)15/h3-8,13,16H,2,9H2,1H3. The van der Waals surface area contributed by atoms with Gasteiger partial charge in [-0.15, -0.1) is 0 Å². The summed E-state index contributed by atoms with van der Waals surface area (Å²) in [4.78, 5) is -0.400. The number of alkyl halides is 2. The van der Waals surface area contributed by atoms with E-state index in [1.807, 2.05) is 6.92 Å². The predicted octanol–water partition coefficient (Wildman–Crippen LogP) is 2.51. The van der Waals surface area contributed by atoms with Crippen molar-refractivity contribution < 1.29 is 17.2 Å². The van der Waals surface area contributed by atoms with E-state index in [1.54, 1.807) is 23.0 Å². The molecule has 2 rings (SSSR count). The van der Waals surface area contributed by atoms with E-state index in [4.69, 9.17) is 0 Å². The van der Waals surface area contributed by atoms with Gasteiger partial charge in [-0.25, -0.2) is 8.42 Å². The Bertz CT molecular complexity index is 714. The topological polar surface area (TPSA) is 64.0 Å². The Balaban J connectivity index is 2.26. The summed E-state index contributed by atoms with van der Waals surface area (Å²) in [6, 6.07) is 7.41. The molecule has 1 aromatic heterocycles. The Morgan fingerprint density at radius 3 is 2.67 bits per heavy atom. The zero-order valence-electron chi connectivity index (χ0n) is 11.3. The fourth-order valence-electron chi connectivity index (χ4n) is 1.94. The van der Waals surface area contributed by atoms with Crippen LogP contribution in [0.25, 0.3) is 0 Å². The van der Waals surface area contributed by atoms with Gasteiger partial charge in [-0.3, -0.25) is 4.68 Å². The second kappa shape index (κ2) is 6.21. The molecule has 0 atom stereocenters. The minimum atomic E-state index is -4.63. The third kappa shape index (κ3) is 3.21. The van der Waals surface area contributed by atoms with Crippen LogP contribution in [0.1, 0.15) is 12.6 Å². The van der Waals surface area contributed by atoms with Crippen LogP contribution >= 0.6 is 0 Å². The number of nitrogens with zero attached hydrogens (tertiary/aromatic N) is 2. The molecule has 0 aliphatic rings. The quantitative estimate of drug-likeness (QED) is 0.889. The molecule has 0 unspecified atom stereocenters. The van der Waals surface area contributed by atoms with Gasteiger partial charge in [-0.1, -0.05) is 12.1 Å². The first-order valence-electron chi connectivity index (χ1n) is 6.32. The molecule has 0 saturated carbocycles. The van der Waals surface area contributed by atoms with Crippen LogP contribution in [0.15, 0.2) is 41.4 Å². The van der Waals surface area contributed by atoms with Gasteiger partial charge in [0.15, 0.2) is 0 Å². The van der Waals surface area contributed by atoms with E-state index in [1.165, 1.54) is 18.2 Å². The number of rotatable bonds is 6. The molecule has 8 heteroatoms. The molecule has 1 heterocycles. The van der Waals surface area contributed by atoms with Gasteiger partial charge in [0.1, 0.15) is 0 Å². The van der Waals surface area contributed by atoms with E-state index >= 15 is 0 Å². The van der Waals surface area contributed by atoms with Crippen LogP contribution < -0.4 is 5.32 Å². The number of nitrogens with one attached hydrogen (secondary N) is 1. The van der Waals surface area contributed by atoms with Crippen molar-refractivity contribution in [1.82, 2.24) is 9.78 Å². The van der Waals surface area contributed by atoms with Crippen molar-refractivity contribution in [1.29, 1.82) is 0 Å². The zero-order valence-corrected chi connectivity index (χ0v) is 12.1. The normalized spacial score (nSPS) is 11.8. The van der Waals surface area contributed by atoms with Crippen LogP contribution in [0, 0.1) is 0 Å². The van der Waals surface area contributed by atoms with Crippen LogP contribution in [0.3, 0.4) is 0 Å². The van der Waals surface area contributed by atoms with Crippen molar-refractivity contribution in [3.63, 3.8) is 0 Å². The molecular weight excluding hydrogens is 300 g/mol. The molecule has 0 amide bonds. The van der Waals surface area contributed by atoms with E-state index in [0.29, 0.717) is 13.1 Å². The number of hydrogen-bond acceptors (Lipinski definition) is 4. The molecule has 0 aliphatic carbocycles. The van der Waals surface area contributed by atoms with Crippen molar-refractivity contribution in [2.75, 3.05) is 5.32 Å². The summed E-state index contributed by atoms with van der Waals surface area (Å²) in [5.41, 5.74) is 0.989. The molecule has 2 aromatic rings. The molecule has 0 bridgehead atoms. The lowest BCUT2D eigenvalue weighted by atomic mass is 10.3. The van der Waals surface area contributed by atoms with Gasteiger partial charge in [0.25, 0.3) is 0 Å². The largest absolute Gasteiger partial charge is 0.378 e. The maximum atomic E-state index is 12.7. The number of hydrogen-bond donors (Lipinski definition) is 1. The van der Waals surface area contributed by atoms with Crippen LogP contribution in [0.2, 0.25) is 0 Å². The second-order valence-corrected chi connectivity index (χ2v) is 6.18. The highest BCUT2D eigenvalue weighted by Gasteiger charge is 2.28. The van der Waals surface area contributed by atoms with Crippen molar-refractivity contribution in [3.8, 4) is 0 Å². The highest BCUT2D eigenvalue weighted by Crippen LogP contribution is 2.26. The monoisotopic (exact) mass is 315 g/mol. The lowest BCUT2D eigenvalue weighted by Crippen LogP contribution is -2.15. The summed E-state index contributed by atoms with van der Waals surface area (Å²) in [6.45, 7) is 2.89. The number of aryl methyl sites for hydroxylation is 1. The smallest absolute Gasteiger partial charge is 0.341 e. The van der Waals surface area contributed by atoms with E-state index in [-0.39, 0.29) is 5.69 Å². The highest BCUT2D eigenvalue weighted by molar-refractivity contribution is 7.91. The molecule has 1 aromatic carbocycles. The van der Waals surface area contributed by atoms with Crippen LogP contribution in [-0.4, -0.2) is 24.0 Å². The fourth-order valence-corrected chi connectivity index (χ4v) is 2.84. The van der Waals surface area contributed by atoms with Crippen molar-refractivity contribution in [2.45, 2.75) is 30.7 Å². The molecule has 5 nitrogen and oxygen atoms in total. The minimum absolute atomic E-state index is 0.154. The first kappa shape index (κ1) is 15.4. The molecule has 0 radical (unpaired) electrons. The lowest BCUT2D eigenvalue weighted by Gasteiger charge is -2.12. The maximum absolute atomic E-state index is 12.7. The summed E-state index contributed by atoms with van der Waals surface area (Å²) in [5.74, 6) is -3.44. The van der Waals surface area contributed by atoms with Crippen molar-refractivity contribution in [2.24, 2.45) is 0 Å². The molecule has 0 spiro atoms. The average molecular weight is 315 g/mol. The third-order valence-electron chi connectivity index (χ3n) is 2.99. The van der Waals surface area contributed by atoms with E-state index in [9.17, 15) is 17.2 Å². The van der Waals surface area contributed by atoms with Gasteiger partial charge in [-0.2, -0.15) is 13.9 Å². The lowest BCUT2D eigenvalue weighted by molar-refractivity contribution is 0.235. The molecule has 0 aliphatic heterocycles. The highest BCUT2D eigenvalue weighted by atomic mass is 32.2. The van der Waals surface area contributed by atoms with E-state index < -0.39 is 20.5 Å². The number of sulfone groups is 1. The Kier molecular flexibility index (Phi) is 4.56. The number of aromatic nitrogens is 2. The van der Waals surface area contributed by atoms with Crippen molar-refractivity contribution in [3.05, 3.63) is 42.2 Å². The van der Waals surface area contributed by atoms with Gasteiger partial charge in [-0.05, 0) is 25.1 Å². The molecule has 114 valence electrons. The summed E-state index contributed by atoms with van der Waals surface area (Å²) >= 11 is 0. The number of para-hydroxylation sites is 1. The van der Waals surface area contributed by atoms with Crippen LogP contribution in [0.5, 0.6) is 0 Å². The summed E-state index contributed by atoms with van der Waals surface area (Å²) in [5, 5.41) is 6.96. The summed E-state index contributed by atoms with van der Waals surface area (Å²) in [6.07, 6.45) is 1.63. The number of anilines is 1. The summed E-state index contributed by atoms with van der Waals surface area (Å²) in [7, 11) is -4.63. The van der Waals surface area contributed by atoms with Crippen molar-refractivity contribution >= 4 is 15.5 Å². The minimum Gasteiger partial charge on any atom is -0.378 e. The first-order chi connectivity index (χ1) is 9.96. The predicted molar refractivity (Wildman–Crippen MR) is 74.9 cm³/mol.